The Labute approximate surface area is 199 Å². The number of hydrogen-bond acceptors (Lipinski definition) is 6. The van der Waals surface area contributed by atoms with Crippen molar-refractivity contribution in [3.05, 3.63) is 98.6 Å². The number of hydrogen-bond donors (Lipinski definition) is 1. The molecular weight excluding hydrogens is 462 g/mol. The highest BCUT2D eigenvalue weighted by molar-refractivity contribution is 6.32. The van der Waals surface area contributed by atoms with Crippen LogP contribution in [0.1, 0.15) is 11.1 Å². The topological polar surface area (TPSA) is 111 Å². The van der Waals surface area contributed by atoms with Crippen LogP contribution in [-0.2, 0) is 16.2 Å². The van der Waals surface area contributed by atoms with Gasteiger partial charge in [0.25, 0.3) is 17.5 Å². The second-order valence-electron chi connectivity index (χ2n) is 7.22. The van der Waals surface area contributed by atoms with Gasteiger partial charge in [-0.1, -0.05) is 41.9 Å². The fourth-order valence-electron chi connectivity index (χ4n) is 3.39. The van der Waals surface area contributed by atoms with E-state index in [0.717, 1.165) is 5.01 Å². The molecule has 0 radical (unpaired) electrons. The molecule has 4 rings (SSSR count). The Morgan fingerprint density at radius 3 is 2.56 bits per heavy atom. The van der Waals surface area contributed by atoms with Crippen LogP contribution in [0.3, 0.4) is 0 Å². The van der Waals surface area contributed by atoms with E-state index >= 15 is 0 Å². The minimum Gasteiger partial charge on any atom is -0.493 e. The van der Waals surface area contributed by atoms with E-state index in [0.29, 0.717) is 21.8 Å². The second kappa shape index (κ2) is 9.63. The molecular formula is C24H18ClN3O6. The van der Waals surface area contributed by atoms with Crippen molar-refractivity contribution in [2.24, 2.45) is 0 Å². The molecule has 0 aliphatic carbocycles. The first-order valence-electron chi connectivity index (χ1n) is 10.0. The summed E-state index contributed by atoms with van der Waals surface area (Å²) < 4.78 is 11.3. The normalized spacial score (nSPS) is 14.3. The van der Waals surface area contributed by atoms with E-state index in [1.165, 1.54) is 37.5 Å². The first kappa shape index (κ1) is 22.8. The Morgan fingerprint density at radius 1 is 1.09 bits per heavy atom. The standard InChI is InChI=1S/C24H18ClN3O6/c1-33-21-13-17(25)11-16(22(21)34-14-15-6-5-9-19(10-15)28(31)32)12-20-23(29)26-27(24(20)30)18-7-3-2-4-8-18/h2-13H,14H2,1H3,(H,26,29). The van der Waals surface area contributed by atoms with Gasteiger partial charge in [-0.05, 0) is 29.8 Å². The van der Waals surface area contributed by atoms with Crippen LogP contribution in [0.5, 0.6) is 11.5 Å². The molecule has 0 unspecified atom stereocenters. The zero-order valence-electron chi connectivity index (χ0n) is 17.9. The number of hydrazine groups is 1. The molecule has 9 nitrogen and oxygen atoms in total. The Kier molecular flexibility index (Phi) is 6.46. The molecule has 2 amide bonds. The quantitative estimate of drug-likeness (QED) is 0.234. The summed E-state index contributed by atoms with van der Waals surface area (Å²) in [5, 5.41) is 12.5. The molecule has 1 aliphatic rings. The van der Waals surface area contributed by atoms with Gasteiger partial charge in [0.05, 0.1) is 17.7 Å². The van der Waals surface area contributed by atoms with E-state index in [1.54, 1.807) is 42.5 Å². The van der Waals surface area contributed by atoms with E-state index in [1.807, 2.05) is 0 Å². The van der Waals surface area contributed by atoms with Crippen molar-refractivity contribution >= 4 is 40.9 Å². The van der Waals surface area contributed by atoms with Gasteiger partial charge < -0.3 is 9.47 Å². The van der Waals surface area contributed by atoms with Gasteiger partial charge >= 0.3 is 0 Å². The lowest BCUT2D eigenvalue weighted by atomic mass is 10.1. The first-order chi connectivity index (χ1) is 16.4. The minimum absolute atomic E-state index is 0.0217. The number of benzene rings is 3. The summed E-state index contributed by atoms with van der Waals surface area (Å²) in [4.78, 5) is 36.1. The molecule has 3 aromatic carbocycles. The highest BCUT2D eigenvalue weighted by Gasteiger charge is 2.34. The van der Waals surface area contributed by atoms with Crippen molar-refractivity contribution in [2.45, 2.75) is 6.61 Å². The van der Waals surface area contributed by atoms with Gasteiger partial charge in [-0.2, -0.15) is 0 Å². The molecule has 1 saturated heterocycles. The van der Waals surface area contributed by atoms with E-state index in [-0.39, 0.29) is 29.4 Å². The molecule has 1 fully saturated rings. The van der Waals surface area contributed by atoms with Crippen LogP contribution in [-0.4, -0.2) is 23.8 Å². The molecule has 0 spiro atoms. The number of methoxy groups -OCH3 is 1. The summed E-state index contributed by atoms with van der Waals surface area (Å²) in [5.74, 6) is -0.627. The van der Waals surface area contributed by atoms with Gasteiger partial charge in [0.1, 0.15) is 12.2 Å². The SMILES string of the molecule is COc1cc(Cl)cc(C=C2C(=O)NN(c3ccccc3)C2=O)c1OCc1cccc([N+](=O)[O-])c1. The van der Waals surface area contributed by atoms with E-state index in [2.05, 4.69) is 5.43 Å². The average molecular weight is 480 g/mol. The molecule has 1 aliphatic heterocycles. The van der Waals surface area contributed by atoms with Gasteiger partial charge in [0.15, 0.2) is 11.5 Å². The van der Waals surface area contributed by atoms with Crippen molar-refractivity contribution in [1.82, 2.24) is 5.43 Å². The zero-order chi connectivity index (χ0) is 24.2. The smallest absolute Gasteiger partial charge is 0.282 e. The molecule has 3 aromatic rings. The average Bonchev–Trinajstić information content (AvgIpc) is 3.12. The lowest BCUT2D eigenvalue weighted by molar-refractivity contribution is -0.384. The number of rotatable bonds is 7. The number of carbonyl (C=O) groups excluding carboxylic acids is 2. The van der Waals surface area contributed by atoms with Crippen molar-refractivity contribution in [3.8, 4) is 11.5 Å². The summed E-state index contributed by atoms with van der Waals surface area (Å²) >= 11 is 6.22. The number of nitrogens with one attached hydrogen (secondary N) is 1. The summed E-state index contributed by atoms with van der Waals surface area (Å²) in [6.07, 6.45) is 1.37. The first-order valence-corrected chi connectivity index (χ1v) is 10.4. The van der Waals surface area contributed by atoms with E-state index < -0.39 is 16.7 Å². The number of halogens is 1. The van der Waals surface area contributed by atoms with Gasteiger partial charge in [0, 0.05) is 28.8 Å². The lowest BCUT2D eigenvalue weighted by Gasteiger charge is -2.15. The second-order valence-corrected chi connectivity index (χ2v) is 7.65. The van der Waals surface area contributed by atoms with Gasteiger partial charge in [-0.15, -0.1) is 0 Å². The molecule has 10 heteroatoms. The molecule has 1 heterocycles. The third-order valence-corrected chi connectivity index (χ3v) is 5.20. The van der Waals surface area contributed by atoms with Crippen molar-refractivity contribution in [3.63, 3.8) is 0 Å². The molecule has 172 valence electrons. The number of nitrogens with zero attached hydrogens (tertiary/aromatic N) is 2. The number of amides is 2. The van der Waals surface area contributed by atoms with Crippen LogP contribution in [0.25, 0.3) is 6.08 Å². The van der Waals surface area contributed by atoms with Crippen LogP contribution in [0.4, 0.5) is 11.4 Å². The number of anilines is 1. The number of nitro groups is 1. The fraction of sp³-hybridized carbons (Fsp3) is 0.0833. The summed E-state index contributed by atoms with van der Waals surface area (Å²) in [6, 6.07) is 17.7. The third kappa shape index (κ3) is 4.69. The molecule has 0 aromatic heterocycles. The van der Waals surface area contributed by atoms with Crippen LogP contribution >= 0.6 is 11.6 Å². The third-order valence-electron chi connectivity index (χ3n) is 4.98. The maximum absolute atomic E-state index is 13.0. The van der Waals surface area contributed by atoms with Crippen LogP contribution < -0.4 is 19.9 Å². The van der Waals surface area contributed by atoms with Crippen LogP contribution in [0.2, 0.25) is 5.02 Å². The number of nitro benzene ring substituents is 1. The highest BCUT2D eigenvalue weighted by atomic mass is 35.5. The van der Waals surface area contributed by atoms with E-state index in [4.69, 9.17) is 21.1 Å². The summed E-state index contributed by atoms with van der Waals surface area (Å²) in [7, 11) is 1.42. The van der Waals surface area contributed by atoms with Gasteiger partial charge in [-0.3, -0.25) is 25.1 Å². The predicted octanol–water partition coefficient (Wildman–Crippen LogP) is 4.30. The molecule has 0 atom stereocenters. The Balaban J connectivity index is 1.68. The van der Waals surface area contributed by atoms with Crippen LogP contribution in [0, 0.1) is 10.1 Å². The predicted molar refractivity (Wildman–Crippen MR) is 125 cm³/mol. The molecule has 0 bridgehead atoms. The Hall–Kier alpha value is -4.37. The van der Waals surface area contributed by atoms with Crippen molar-refractivity contribution in [1.29, 1.82) is 0 Å². The fourth-order valence-corrected chi connectivity index (χ4v) is 3.61. The minimum atomic E-state index is -0.586. The zero-order valence-corrected chi connectivity index (χ0v) is 18.6. The summed E-state index contributed by atoms with van der Waals surface area (Å²) in [6.45, 7) is -0.0217. The molecule has 0 saturated carbocycles. The van der Waals surface area contributed by atoms with Gasteiger partial charge in [-0.25, -0.2) is 5.01 Å². The number of non-ortho nitro benzene ring substituents is 1. The van der Waals surface area contributed by atoms with Crippen molar-refractivity contribution in [2.75, 3.05) is 12.1 Å². The lowest BCUT2D eigenvalue weighted by Crippen LogP contribution is -2.35. The van der Waals surface area contributed by atoms with Crippen LogP contribution in [0.15, 0.2) is 72.3 Å². The Bertz CT molecular complexity index is 1310. The number of ether oxygens (including phenoxy) is 2. The largest absolute Gasteiger partial charge is 0.493 e. The Morgan fingerprint density at radius 2 is 1.85 bits per heavy atom. The number of carbonyl (C=O) groups is 2. The molecule has 1 N–H and O–H groups in total. The monoisotopic (exact) mass is 479 g/mol. The molecule has 34 heavy (non-hydrogen) atoms. The highest BCUT2D eigenvalue weighted by Crippen LogP contribution is 2.37. The maximum Gasteiger partial charge on any atom is 0.282 e. The van der Waals surface area contributed by atoms with Gasteiger partial charge in [0.2, 0.25) is 0 Å². The van der Waals surface area contributed by atoms with E-state index in [9.17, 15) is 19.7 Å². The summed E-state index contributed by atoms with van der Waals surface area (Å²) in [5.41, 5.74) is 3.75. The maximum atomic E-state index is 13.0. The number of para-hydroxylation sites is 1. The van der Waals surface area contributed by atoms with Crippen molar-refractivity contribution < 1.29 is 24.0 Å².